The number of oxime groups is 1. The monoisotopic (exact) mass is 554 g/mol. The number of allylic oxidation sites excluding steroid dienone is 2. The molecule has 0 amide bonds. The number of methoxy groups -OCH3 is 2. The molecule has 0 bridgehead atoms. The fourth-order valence-electron chi connectivity index (χ4n) is 4.69. The highest BCUT2D eigenvalue weighted by Gasteiger charge is 2.29. The minimum atomic E-state index is -0.264. The summed E-state index contributed by atoms with van der Waals surface area (Å²) in [6.07, 6.45) is 4.92. The SMILES string of the molecule is COc1ccc([C@@H]2C/C(=N/OCc3cn(-c4ccccc4CO)nn3)c3cc(CC=C(C)C)c(OC)cc3O2)cc1. The summed E-state index contributed by atoms with van der Waals surface area (Å²) in [5.74, 6) is 2.22. The Morgan fingerprint density at radius 2 is 1.88 bits per heavy atom. The molecule has 1 aliphatic rings. The Kier molecular flexibility index (Phi) is 8.64. The maximum atomic E-state index is 9.66. The third kappa shape index (κ3) is 6.41. The van der Waals surface area contributed by atoms with E-state index in [0.29, 0.717) is 17.9 Å². The lowest BCUT2D eigenvalue weighted by Crippen LogP contribution is -2.22. The standard InChI is InChI=1S/C32H34N4O5/c1-21(2)9-10-23-15-27-28(34-40-20-25-18-36(35-33-25)29-8-6-5-7-24(29)19-37)16-31(41-32(27)17-30(23)39-4)22-11-13-26(38-3)14-12-22/h5-9,11-15,17-18,31,37H,10,16,19-20H2,1-4H3/b34-28-/t31-/m0/s1. The lowest BCUT2D eigenvalue weighted by atomic mass is 9.93. The van der Waals surface area contributed by atoms with Crippen molar-refractivity contribution >= 4 is 5.71 Å². The number of para-hydroxylation sites is 1. The van der Waals surface area contributed by atoms with Gasteiger partial charge in [-0.25, -0.2) is 4.68 Å². The van der Waals surface area contributed by atoms with Crippen molar-refractivity contribution in [1.82, 2.24) is 15.0 Å². The van der Waals surface area contributed by atoms with E-state index in [4.69, 9.17) is 19.0 Å². The Balaban J connectivity index is 1.43. The Morgan fingerprint density at radius 3 is 2.61 bits per heavy atom. The van der Waals surface area contributed by atoms with Crippen LogP contribution in [0.15, 0.2) is 83.7 Å². The number of nitrogens with zero attached hydrogens (tertiary/aromatic N) is 4. The molecule has 3 aromatic carbocycles. The van der Waals surface area contributed by atoms with Gasteiger partial charge in [0.25, 0.3) is 0 Å². The average Bonchev–Trinajstić information content (AvgIpc) is 3.48. The molecule has 1 aliphatic heterocycles. The molecule has 9 nitrogen and oxygen atoms in total. The van der Waals surface area contributed by atoms with E-state index in [1.165, 1.54) is 5.57 Å². The summed E-state index contributed by atoms with van der Waals surface area (Å²) in [6.45, 7) is 4.20. The number of ether oxygens (including phenoxy) is 3. The molecule has 0 saturated carbocycles. The molecule has 2 heterocycles. The number of hydrogen-bond acceptors (Lipinski definition) is 8. The molecule has 212 valence electrons. The zero-order valence-corrected chi connectivity index (χ0v) is 23.7. The molecule has 5 rings (SSSR count). The Hall–Kier alpha value is -4.63. The van der Waals surface area contributed by atoms with Crippen molar-refractivity contribution in [2.45, 2.75) is 46.0 Å². The predicted octanol–water partition coefficient (Wildman–Crippen LogP) is 5.73. The molecule has 0 fully saturated rings. The highest BCUT2D eigenvalue weighted by Crippen LogP contribution is 2.40. The summed E-state index contributed by atoms with van der Waals surface area (Å²) < 4.78 is 19.1. The van der Waals surface area contributed by atoms with Gasteiger partial charge in [-0.05, 0) is 55.7 Å². The number of rotatable bonds is 10. The molecule has 1 N–H and O–H groups in total. The van der Waals surface area contributed by atoms with Crippen molar-refractivity contribution < 1.29 is 24.2 Å². The first kappa shape index (κ1) is 27.9. The van der Waals surface area contributed by atoms with E-state index in [9.17, 15) is 5.11 Å². The number of hydrogen-bond donors (Lipinski definition) is 1. The minimum absolute atomic E-state index is 0.0905. The van der Waals surface area contributed by atoms with Gasteiger partial charge in [0.05, 0.1) is 38.4 Å². The van der Waals surface area contributed by atoms with Crippen LogP contribution in [0.1, 0.15) is 54.3 Å². The van der Waals surface area contributed by atoms with Crippen LogP contribution in [-0.4, -0.2) is 40.0 Å². The second kappa shape index (κ2) is 12.7. The third-order valence-electron chi connectivity index (χ3n) is 6.90. The van der Waals surface area contributed by atoms with Crippen molar-refractivity contribution in [3.05, 3.63) is 106 Å². The van der Waals surface area contributed by atoms with Crippen LogP contribution in [-0.2, 0) is 24.5 Å². The van der Waals surface area contributed by atoms with Crippen molar-refractivity contribution in [2.24, 2.45) is 5.16 Å². The highest BCUT2D eigenvalue weighted by molar-refractivity contribution is 6.04. The Morgan fingerprint density at radius 1 is 1.07 bits per heavy atom. The quantitative estimate of drug-likeness (QED) is 0.197. The molecule has 0 aliphatic carbocycles. The maximum Gasteiger partial charge on any atom is 0.162 e. The summed E-state index contributed by atoms with van der Waals surface area (Å²) in [5, 5.41) is 22.7. The summed E-state index contributed by atoms with van der Waals surface area (Å²) in [6, 6.07) is 19.3. The van der Waals surface area contributed by atoms with Crippen LogP contribution in [0.4, 0.5) is 0 Å². The Labute approximate surface area is 239 Å². The van der Waals surface area contributed by atoms with E-state index in [-0.39, 0.29) is 19.3 Å². The van der Waals surface area contributed by atoms with E-state index in [0.717, 1.165) is 51.6 Å². The highest BCUT2D eigenvalue weighted by atomic mass is 16.6. The van der Waals surface area contributed by atoms with E-state index in [1.807, 2.05) is 54.6 Å². The molecule has 0 unspecified atom stereocenters. The van der Waals surface area contributed by atoms with Gasteiger partial charge < -0.3 is 24.2 Å². The Bertz CT molecular complexity index is 1550. The van der Waals surface area contributed by atoms with Gasteiger partial charge in [-0.15, -0.1) is 5.10 Å². The number of aromatic nitrogens is 3. The van der Waals surface area contributed by atoms with Crippen LogP contribution < -0.4 is 14.2 Å². The summed E-state index contributed by atoms with van der Waals surface area (Å²) in [5.41, 5.74) is 7.04. The van der Waals surface area contributed by atoms with Crippen molar-refractivity contribution in [2.75, 3.05) is 14.2 Å². The van der Waals surface area contributed by atoms with Gasteiger partial charge in [-0.2, -0.15) is 0 Å². The predicted molar refractivity (Wildman–Crippen MR) is 156 cm³/mol. The summed E-state index contributed by atoms with van der Waals surface area (Å²) in [7, 11) is 3.31. The number of aliphatic hydroxyl groups excluding tert-OH is 1. The summed E-state index contributed by atoms with van der Waals surface area (Å²) in [4.78, 5) is 5.84. The van der Waals surface area contributed by atoms with Crippen molar-refractivity contribution in [1.29, 1.82) is 0 Å². The third-order valence-corrected chi connectivity index (χ3v) is 6.90. The number of aliphatic hydroxyl groups is 1. The molecule has 0 spiro atoms. The molecule has 0 radical (unpaired) electrons. The second-order valence-corrected chi connectivity index (χ2v) is 9.98. The normalized spacial score (nSPS) is 15.1. The molecule has 9 heteroatoms. The lowest BCUT2D eigenvalue weighted by Gasteiger charge is -2.28. The van der Waals surface area contributed by atoms with E-state index < -0.39 is 0 Å². The first-order valence-corrected chi connectivity index (χ1v) is 13.4. The smallest absolute Gasteiger partial charge is 0.162 e. The topological polar surface area (TPSA) is 100 Å². The lowest BCUT2D eigenvalue weighted by molar-refractivity contribution is 0.124. The van der Waals surface area contributed by atoms with Gasteiger partial charge >= 0.3 is 0 Å². The number of fused-ring (bicyclic) bond motifs is 1. The number of benzene rings is 3. The van der Waals surface area contributed by atoms with Crippen LogP contribution in [0.25, 0.3) is 5.69 Å². The molecule has 0 saturated heterocycles. The first-order valence-electron chi connectivity index (χ1n) is 13.4. The van der Waals surface area contributed by atoms with Crippen LogP contribution in [0, 0.1) is 0 Å². The van der Waals surface area contributed by atoms with E-state index in [2.05, 4.69) is 41.5 Å². The van der Waals surface area contributed by atoms with Crippen molar-refractivity contribution in [3.63, 3.8) is 0 Å². The zero-order valence-electron chi connectivity index (χ0n) is 23.7. The van der Waals surface area contributed by atoms with Crippen LogP contribution in [0.2, 0.25) is 0 Å². The van der Waals surface area contributed by atoms with Crippen LogP contribution in [0.3, 0.4) is 0 Å². The molecule has 1 aromatic heterocycles. The van der Waals surface area contributed by atoms with Gasteiger partial charge in [0, 0.05) is 23.6 Å². The van der Waals surface area contributed by atoms with Crippen molar-refractivity contribution in [3.8, 4) is 22.9 Å². The molecule has 41 heavy (non-hydrogen) atoms. The maximum absolute atomic E-state index is 9.66. The van der Waals surface area contributed by atoms with E-state index >= 15 is 0 Å². The molecular weight excluding hydrogens is 520 g/mol. The van der Waals surface area contributed by atoms with Gasteiger partial charge in [-0.3, -0.25) is 0 Å². The van der Waals surface area contributed by atoms with Gasteiger partial charge in [0.15, 0.2) is 6.61 Å². The second-order valence-electron chi connectivity index (χ2n) is 9.98. The van der Waals surface area contributed by atoms with Gasteiger partial charge in [0.2, 0.25) is 0 Å². The van der Waals surface area contributed by atoms with Crippen LogP contribution in [0.5, 0.6) is 17.2 Å². The molecular formula is C32H34N4O5. The fraction of sp³-hybridized carbons (Fsp3) is 0.281. The van der Waals surface area contributed by atoms with Crippen LogP contribution >= 0.6 is 0 Å². The minimum Gasteiger partial charge on any atom is -0.497 e. The molecule has 1 atom stereocenters. The fourth-order valence-corrected chi connectivity index (χ4v) is 4.69. The average molecular weight is 555 g/mol. The summed E-state index contributed by atoms with van der Waals surface area (Å²) >= 11 is 0. The van der Waals surface area contributed by atoms with Gasteiger partial charge in [-0.1, -0.05) is 52.4 Å². The largest absolute Gasteiger partial charge is 0.497 e. The van der Waals surface area contributed by atoms with E-state index in [1.54, 1.807) is 25.1 Å². The van der Waals surface area contributed by atoms with Gasteiger partial charge in [0.1, 0.15) is 29.0 Å². The zero-order chi connectivity index (χ0) is 28.8. The first-order chi connectivity index (χ1) is 20.0. The molecule has 4 aromatic rings.